The first-order chi connectivity index (χ1) is 18.9. The van der Waals surface area contributed by atoms with E-state index >= 15 is 0 Å². The van der Waals surface area contributed by atoms with Gasteiger partial charge in [-0.25, -0.2) is 12.8 Å². The quantitative estimate of drug-likeness (QED) is 0.300. The van der Waals surface area contributed by atoms with Gasteiger partial charge < -0.3 is 10.2 Å². The van der Waals surface area contributed by atoms with Crippen LogP contribution < -0.4 is 9.62 Å². The third-order valence-electron chi connectivity index (χ3n) is 6.34. The molecule has 0 aliphatic rings. The van der Waals surface area contributed by atoms with Crippen LogP contribution in [0, 0.1) is 18.7 Å². The van der Waals surface area contributed by atoms with E-state index in [-0.39, 0.29) is 29.0 Å². The maximum absolute atomic E-state index is 14.0. The fourth-order valence-electron chi connectivity index (χ4n) is 4.10. The molecule has 0 radical (unpaired) electrons. The molecule has 7 nitrogen and oxygen atoms in total. The third kappa shape index (κ3) is 8.05. The van der Waals surface area contributed by atoms with E-state index in [9.17, 15) is 22.4 Å². The zero-order chi connectivity index (χ0) is 29.4. The summed E-state index contributed by atoms with van der Waals surface area (Å²) in [5.41, 5.74) is 1.72. The van der Waals surface area contributed by atoms with Gasteiger partial charge in [-0.1, -0.05) is 62.2 Å². The third-order valence-corrected chi connectivity index (χ3v) is 8.38. The van der Waals surface area contributed by atoms with Crippen LogP contribution in [0.15, 0.2) is 77.7 Å². The number of carbonyl (C=O) groups excluding carboxylic acids is 2. The summed E-state index contributed by atoms with van der Waals surface area (Å²) < 4.78 is 42.3. The van der Waals surface area contributed by atoms with Crippen molar-refractivity contribution in [2.75, 3.05) is 17.4 Å². The van der Waals surface area contributed by atoms with Gasteiger partial charge >= 0.3 is 0 Å². The van der Waals surface area contributed by atoms with E-state index in [1.54, 1.807) is 43.3 Å². The number of halogens is 2. The van der Waals surface area contributed by atoms with Crippen LogP contribution >= 0.6 is 11.6 Å². The standard InChI is InChI=1S/C30H35ClFN3O4S/c1-5-28(30(37)33-18-21(2)3)34(19-23-8-10-24(31)11-9-23)29(36)20-35(26-14-12-25(32)13-15-26)40(38,39)27-16-6-22(4)7-17-27/h6-17,21,28H,5,18-20H2,1-4H3,(H,33,37)/t28-/m1/s1. The number of anilines is 1. The molecule has 3 aromatic carbocycles. The summed E-state index contributed by atoms with van der Waals surface area (Å²) >= 11 is 6.04. The van der Waals surface area contributed by atoms with E-state index in [2.05, 4.69) is 5.32 Å². The van der Waals surface area contributed by atoms with Crippen LogP contribution in [0.1, 0.15) is 38.3 Å². The highest BCUT2D eigenvalue weighted by atomic mass is 35.5. The SMILES string of the molecule is CC[C@H](C(=O)NCC(C)C)N(Cc1ccc(Cl)cc1)C(=O)CN(c1ccc(F)cc1)S(=O)(=O)c1ccc(C)cc1. The number of sulfonamides is 1. The Hall–Kier alpha value is -3.43. The Morgan fingerprint density at radius 2 is 1.55 bits per heavy atom. The largest absolute Gasteiger partial charge is 0.354 e. The van der Waals surface area contributed by atoms with Crippen LogP contribution in [0.25, 0.3) is 0 Å². The fraction of sp³-hybridized carbons (Fsp3) is 0.333. The average molecular weight is 588 g/mol. The number of nitrogens with one attached hydrogen (secondary N) is 1. The summed E-state index contributed by atoms with van der Waals surface area (Å²) in [6.07, 6.45) is 0.310. The van der Waals surface area contributed by atoms with Gasteiger partial charge in [0.2, 0.25) is 11.8 Å². The Morgan fingerprint density at radius 3 is 2.10 bits per heavy atom. The molecule has 3 aromatic rings. The van der Waals surface area contributed by atoms with Crippen molar-refractivity contribution < 1.29 is 22.4 Å². The smallest absolute Gasteiger partial charge is 0.264 e. The van der Waals surface area contributed by atoms with Crippen LogP contribution in [0.4, 0.5) is 10.1 Å². The zero-order valence-corrected chi connectivity index (χ0v) is 24.7. The number of hydrogen-bond donors (Lipinski definition) is 1. The molecule has 0 fully saturated rings. The summed E-state index contributed by atoms with van der Waals surface area (Å²) in [5.74, 6) is -1.25. The predicted octanol–water partition coefficient (Wildman–Crippen LogP) is 5.56. The molecule has 0 aliphatic heterocycles. The van der Waals surface area contributed by atoms with E-state index in [0.717, 1.165) is 27.6 Å². The first-order valence-corrected chi connectivity index (χ1v) is 14.9. The second-order valence-electron chi connectivity index (χ2n) is 10.0. The van der Waals surface area contributed by atoms with E-state index in [1.165, 1.54) is 29.2 Å². The second kappa shape index (κ2) is 13.8. The van der Waals surface area contributed by atoms with Gasteiger partial charge in [0.25, 0.3) is 10.0 Å². The average Bonchev–Trinajstić information content (AvgIpc) is 2.92. The van der Waals surface area contributed by atoms with Crippen LogP contribution in [0.2, 0.25) is 5.02 Å². The van der Waals surface area contributed by atoms with E-state index in [0.29, 0.717) is 18.0 Å². The Bertz CT molecular complexity index is 1400. The van der Waals surface area contributed by atoms with Gasteiger partial charge in [0.1, 0.15) is 18.4 Å². The topological polar surface area (TPSA) is 86.8 Å². The molecule has 0 saturated carbocycles. The minimum atomic E-state index is -4.22. The van der Waals surface area contributed by atoms with Crippen molar-refractivity contribution in [2.45, 2.75) is 51.6 Å². The van der Waals surface area contributed by atoms with Crippen molar-refractivity contribution >= 4 is 39.1 Å². The summed E-state index contributed by atoms with van der Waals surface area (Å²) in [4.78, 5) is 28.6. The molecule has 0 bridgehead atoms. The fourth-order valence-corrected chi connectivity index (χ4v) is 5.64. The van der Waals surface area contributed by atoms with Gasteiger partial charge in [-0.05, 0) is 73.4 Å². The molecule has 2 amide bonds. The highest BCUT2D eigenvalue weighted by molar-refractivity contribution is 7.92. The van der Waals surface area contributed by atoms with Gasteiger partial charge in [0.15, 0.2) is 0 Å². The van der Waals surface area contributed by atoms with E-state index in [1.807, 2.05) is 20.8 Å². The second-order valence-corrected chi connectivity index (χ2v) is 12.3. The van der Waals surface area contributed by atoms with Crippen molar-refractivity contribution in [3.63, 3.8) is 0 Å². The molecule has 3 rings (SSSR count). The van der Waals surface area contributed by atoms with Crippen molar-refractivity contribution in [2.24, 2.45) is 5.92 Å². The number of rotatable bonds is 12. The summed E-state index contributed by atoms with van der Waals surface area (Å²) in [5, 5.41) is 3.41. The van der Waals surface area contributed by atoms with Gasteiger partial charge in [0.05, 0.1) is 10.6 Å². The highest BCUT2D eigenvalue weighted by Gasteiger charge is 2.33. The summed E-state index contributed by atoms with van der Waals surface area (Å²) in [6.45, 7) is 7.46. The maximum Gasteiger partial charge on any atom is 0.264 e. The Morgan fingerprint density at radius 1 is 0.950 bits per heavy atom. The monoisotopic (exact) mass is 587 g/mol. The normalized spacial score (nSPS) is 12.2. The number of benzene rings is 3. The lowest BCUT2D eigenvalue weighted by Gasteiger charge is -2.33. The molecule has 1 N–H and O–H groups in total. The molecule has 0 unspecified atom stereocenters. The lowest BCUT2D eigenvalue weighted by Crippen LogP contribution is -2.52. The molecule has 40 heavy (non-hydrogen) atoms. The molecular weight excluding hydrogens is 553 g/mol. The minimum absolute atomic E-state index is 0.0128. The molecular formula is C30H35ClFN3O4S. The maximum atomic E-state index is 14.0. The Kier molecular flexibility index (Phi) is 10.7. The highest BCUT2D eigenvalue weighted by Crippen LogP contribution is 2.25. The number of nitrogens with zero attached hydrogens (tertiary/aromatic N) is 2. The van der Waals surface area contributed by atoms with Crippen molar-refractivity contribution in [1.82, 2.24) is 10.2 Å². The molecule has 10 heteroatoms. The van der Waals surface area contributed by atoms with E-state index in [4.69, 9.17) is 11.6 Å². The van der Waals surface area contributed by atoms with Crippen molar-refractivity contribution in [1.29, 1.82) is 0 Å². The van der Waals surface area contributed by atoms with Crippen molar-refractivity contribution in [3.05, 3.63) is 94.8 Å². The molecule has 0 spiro atoms. The first-order valence-electron chi connectivity index (χ1n) is 13.1. The minimum Gasteiger partial charge on any atom is -0.354 e. The molecule has 1 atom stereocenters. The molecule has 0 saturated heterocycles. The molecule has 0 aliphatic carbocycles. The first kappa shape index (κ1) is 31.1. The van der Waals surface area contributed by atoms with Gasteiger partial charge in [0, 0.05) is 18.1 Å². The molecule has 214 valence electrons. The zero-order valence-electron chi connectivity index (χ0n) is 23.1. The summed E-state index contributed by atoms with van der Waals surface area (Å²) in [7, 11) is -4.22. The Balaban J connectivity index is 2.03. The number of carbonyl (C=O) groups is 2. The predicted molar refractivity (Wildman–Crippen MR) is 156 cm³/mol. The van der Waals surface area contributed by atoms with Crippen molar-refractivity contribution in [3.8, 4) is 0 Å². The number of amides is 2. The van der Waals surface area contributed by atoms with Gasteiger partial charge in [-0.15, -0.1) is 0 Å². The molecule has 0 aromatic heterocycles. The Labute approximate surface area is 241 Å². The van der Waals surface area contributed by atoms with Crippen LogP contribution in [0.3, 0.4) is 0 Å². The van der Waals surface area contributed by atoms with Crippen LogP contribution in [-0.4, -0.2) is 44.3 Å². The lowest BCUT2D eigenvalue weighted by atomic mass is 10.1. The number of hydrogen-bond acceptors (Lipinski definition) is 4. The van der Waals surface area contributed by atoms with E-state index < -0.39 is 34.3 Å². The summed E-state index contributed by atoms with van der Waals surface area (Å²) in [6, 6.07) is 17.2. The van der Waals surface area contributed by atoms with Crippen LogP contribution in [-0.2, 0) is 26.2 Å². The number of aryl methyl sites for hydroxylation is 1. The van der Waals surface area contributed by atoms with Gasteiger partial charge in [-0.2, -0.15) is 0 Å². The lowest BCUT2D eigenvalue weighted by molar-refractivity contribution is -0.140. The van der Waals surface area contributed by atoms with Crippen LogP contribution in [0.5, 0.6) is 0 Å². The molecule has 0 heterocycles. The van der Waals surface area contributed by atoms with Gasteiger partial charge in [-0.3, -0.25) is 13.9 Å².